The Hall–Kier alpha value is -0.130. The van der Waals surface area contributed by atoms with Crippen molar-refractivity contribution in [3.05, 3.63) is 0 Å². The Morgan fingerprint density at radius 3 is 2.69 bits per heavy atom. The lowest BCUT2D eigenvalue weighted by Crippen LogP contribution is -2.41. The molecule has 0 aromatic heterocycles. The second-order valence-corrected chi connectivity index (χ2v) is 6.52. The lowest BCUT2D eigenvalue weighted by atomic mass is 10.1. The van der Waals surface area contributed by atoms with Crippen molar-refractivity contribution in [2.75, 3.05) is 18.8 Å². The van der Waals surface area contributed by atoms with Crippen LogP contribution < -0.4 is 5.73 Å². The van der Waals surface area contributed by atoms with Gasteiger partial charge in [-0.1, -0.05) is 19.8 Å². The van der Waals surface area contributed by atoms with Crippen molar-refractivity contribution in [2.24, 2.45) is 5.73 Å². The van der Waals surface area contributed by atoms with E-state index in [0.29, 0.717) is 19.5 Å². The summed E-state index contributed by atoms with van der Waals surface area (Å²) in [5.74, 6) is 0.208. The van der Waals surface area contributed by atoms with Gasteiger partial charge in [0.15, 0.2) is 0 Å². The van der Waals surface area contributed by atoms with Crippen molar-refractivity contribution in [3.63, 3.8) is 0 Å². The second-order valence-electron chi connectivity index (χ2n) is 4.48. The molecule has 1 saturated heterocycles. The van der Waals surface area contributed by atoms with E-state index in [-0.39, 0.29) is 11.8 Å². The molecule has 16 heavy (non-hydrogen) atoms. The molecule has 1 heterocycles. The molecule has 0 aliphatic carbocycles. The van der Waals surface area contributed by atoms with Gasteiger partial charge in [-0.3, -0.25) is 0 Å². The highest BCUT2D eigenvalue weighted by Gasteiger charge is 2.29. The van der Waals surface area contributed by atoms with E-state index in [1.54, 1.807) is 4.31 Å². The van der Waals surface area contributed by atoms with Crippen LogP contribution in [0.4, 0.5) is 0 Å². The van der Waals surface area contributed by atoms with E-state index < -0.39 is 10.0 Å². The van der Waals surface area contributed by atoms with Crippen LogP contribution in [0, 0.1) is 0 Å². The summed E-state index contributed by atoms with van der Waals surface area (Å²) in [4.78, 5) is 0. The summed E-state index contributed by atoms with van der Waals surface area (Å²) in [7, 11) is -3.08. The first-order valence-electron chi connectivity index (χ1n) is 6.31. The third-order valence-electron chi connectivity index (χ3n) is 3.26. The van der Waals surface area contributed by atoms with Gasteiger partial charge in [-0.2, -0.15) is 4.31 Å². The molecule has 0 amide bonds. The average molecular weight is 248 g/mol. The van der Waals surface area contributed by atoms with Gasteiger partial charge in [-0.25, -0.2) is 8.42 Å². The minimum absolute atomic E-state index is 0.208. The summed E-state index contributed by atoms with van der Waals surface area (Å²) < 4.78 is 26.0. The van der Waals surface area contributed by atoms with E-state index in [1.807, 2.05) is 0 Å². The standard InChI is InChI=1S/C11H24N2O2S/c1-2-11-7-4-3-5-9-13(11)16(14,15)10-6-8-12/h11H,2-10,12H2,1H3. The molecule has 0 spiro atoms. The van der Waals surface area contributed by atoms with E-state index in [0.717, 1.165) is 32.1 Å². The van der Waals surface area contributed by atoms with Crippen molar-refractivity contribution >= 4 is 10.0 Å². The fourth-order valence-corrected chi connectivity index (χ4v) is 4.19. The van der Waals surface area contributed by atoms with Crippen LogP contribution in [0.2, 0.25) is 0 Å². The van der Waals surface area contributed by atoms with Crippen LogP contribution in [0.1, 0.15) is 45.4 Å². The minimum atomic E-state index is -3.08. The van der Waals surface area contributed by atoms with E-state index in [1.165, 1.54) is 0 Å². The highest BCUT2D eigenvalue weighted by Crippen LogP contribution is 2.22. The molecule has 1 rings (SSSR count). The maximum atomic E-state index is 12.1. The number of nitrogens with zero attached hydrogens (tertiary/aromatic N) is 1. The zero-order valence-electron chi connectivity index (χ0n) is 10.2. The molecule has 1 atom stereocenters. The largest absolute Gasteiger partial charge is 0.330 e. The first kappa shape index (κ1) is 13.9. The minimum Gasteiger partial charge on any atom is -0.330 e. The Kier molecular flexibility index (Phi) is 5.72. The van der Waals surface area contributed by atoms with Crippen molar-refractivity contribution in [1.29, 1.82) is 0 Å². The van der Waals surface area contributed by atoms with E-state index in [2.05, 4.69) is 6.92 Å². The molecule has 0 radical (unpaired) electrons. The SMILES string of the molecule is CCC1CCCCCN1S(=O)(=O)CCCN. The first-order valence-corrected chi connectivity index (χ1v) is 7.92. The van der Waals surface area contributed by atoms with E-state index in [4.69, 9.17) is 5.73 Å². The van der Waals surface area contributed by atoms with Crippen LogP contribution in [0.5, 0.6) is 0 Å². The summed E-state index contributed by atoms with van der Waals surface area (Å²) in [6.45, 7) is 3.22. The normalized spacial score (nSPS) is 24.2. The van der Waals surface area contributed by atoms with Crippen LogP contribution in [-0.4, -0.2) is 37.6 Å². The van der Waals surface area contributed by atoms with Crippen LogP contribution in [0.3, 0.4) is 0 Å². The molecule has 1 aliphatic heterocycles. The zero-order valence-corrected chi connectivity index (χ0v) is 11.0. The van der Waals surface area contributed by atoms with Gasteiger partial charge in [0.2, 0.25) is 10.0 Å². The van der Waals surface area contributed by atoms with Crippen LogP contribution in [0.15, 0.2) is 0 Å². The fraction of sp³-hybridized carbons (Fsp3) is 1.00. The van der Waals surface area contributed by atoms with E-state index in [9.17, 15) is 8.42 Å². The van der Waals surface area contributed by atoms with E-state index >= 15 is 0 Å². The third kappa shape index (κ3) is 3.71. The number of rotatable bonds is 5. The highest BCUT2D eigenvalue weighted by molar-refractivity contribution is 7.89. The second kappa shape index (κ2) is 6.57. The van der Waals surface area contributed by atoms with Gasteiger partial charge in [-0.15, -0.1) is 0 Å². The number of sulfonamides is 1. The Balaban J connectivity index is 2.72. The van der Waals surface area contributed by atoms with Gasteiger partial charge in [0.1, 0.15) is 0 Å². The summed E-state index contributed by atoms with van der Waals surface area (Å²) >= 11 is 0. The van der Waals surface area contributed by atoms with Gasteiger partial charge in [0.25, 0.3) is 0 Å². The van der Waals surface area contributed by atoms with Crippen LogP contribution >= 0.6 is 0 Å². The quantitative estimate of drug-likeness (QED) is 0.798. The Morgan fingerprint density at radius 2 is 2.06 bits per heavy atom. The lowest BCUT2D eigenvalue weighted by Gasteiger charge is -2.28. The molecule has 5 heteroatoms. The Morgan fingerprint density at radius 1 is 1.31 bits per heavy atom. The number of nitrogens with two attached hydrogens (primary N) is 1. The molecular formula is C11H24N2O2S. The van der Waals surface area contributed by atoms with Gasteiger partial charge in [0, 0.05) is 12.6 Å². The molecule has 96 valence electrons. The number of hydrogen-bond donors (Lipinski definition) is 1. The summed E-state index contributed by atoms with van der Waals surface area (Å²) in [6, 6.07) is 0.213. The molecule has 0 saturated carbocycles. The molecule has 0 bridgehead atoms. The maximum absolute atomic E-state index is 12.1. The fourth-order valence-electron chi connectivity index (χ4n) is 2.31. The molecule has 1 aliphatic rings. The monoisotopic (exact) mass is 248 g/mol. The van der Waals surface area contributed by atoms with Crippen LogP contribution in [0.25, 0.3) is 0 Å². The molecule has 1 unspecified atom stereocenters. The maximum Gasteiger partial charge on any atom is 0.214 e. The van der Waals surface area contributed by atoms with Gasteiger partial charge in [0.05, 0.1) is 5.75 Å². The summed E-state index contributed by atoms with van der Waals surface area (Å²) in [5, 5.41) is 0. The average Bonchev–Trinajstić information content (AvgIpc) is 2.51. The predicted molar refractivity (Wildman–Crippen MR) is 66.7 cm³/mol. The molecular weight excluding hydrogens is 224 g/mol. The van der Waals surface area contributed by atoms with Crippen LogP contribution in [-0.2, 0) is 10.0 Å². The summed E-state index contributed by atoms with van der Waals surface area (Å²) in [5.41, 5.74) is 5.38. The van der Waals surface area contributed by atoms with Crippen molar-refractivity contribution < 1.29 is 8.42 Å². The van der Waals surface area contributed by atoms with Gasteiger partial charge < -0.3 is 5.73 Å². The number of hydrogen-bond acceptors (Lipinski definition) is 3. The molecule has 2 N–H and O–H groups in total. The zero-order chi connectivity index (χ0) is 12.0. The highest BCUT2D eigenvalue weighted by atomic mass is 32.2. The molecule has 1 fully saturated rings. The van der Waals surface area contributed by atoms with Crippen molar-refractivity contribution in [3.8, 4) is 0 Å². The lowest BCUT2D eigenvalue weighted by molar-refractivity contribution is 0.315. The molecule has 4 nitrogen and oxygen atoms in total. The molecule has 0 aromatic rings. The van der Waals surface area contributed by atoms with Crippen molar-refractivity contribution in [2.45, 2.75) is 51.5 Å². The van der Waals surface area contributed by atoms with Gasteiger partial charge in [-0.05, 0) is 32.2 Å². The Bertz CT molecular complexity index is 290. The summed E-state index contributed by atoms with van der Waals surface area (Å²) in [6.07, 6.45) is 5.80. The Labute approximate surface area is 99.2 Å². The topological polar surface area (TPSA) is 63.4 Å². The third-order valence-corrected chi connectivity index (χ3v) is 5.26. The van der Waals surface area contributed by atoms with Crippen molar-refractivity contribution in [1.82, 2.24) is 4.31 Å². The smallest absolute Gasteiger partial charge is 0.214 e. The first-order chi connectivity index (χ1) is 7.61. The van der Waals surface area contributed by atoms with Gasteiger partial charge >= 0.3 is 0 Å². The predicted octanol–water partition coefficient (Wildman–Crippen LogP) is 1.32. The molecule has 0 aromatic carbocycles.